The molecule has 6 nitrogen and oxygen atoms in total. The van der Waals surface area contributed by atoms with E-state index in [1.165, 1.54) is 25.7 Å². The fourth-order valence-corrected chi connectivity index (χ4v) is 6.68. The zero-order valence-corrected chi connectivity index (χ0v) is 19.8. The number of fused-ring (bicyclic) bond motifs is 4. The SMILES string of the molecule is COc1ccc(-c2nc3n(n2)C2(CCCCC2)C2CCCCC2N3C(=O)c2ccccc2)cc1. The first-order valence-electron chi connectivity index (χ1n) is 12.7. The Morgan fingerprint density at radius 1 is 0.941 bits per heavy atom. The van der Waals surface area contributed by atoms with Gasteiger partial charge in [0.25, 0.3) is 5.91 Å². The smallest absolute Gasteiger partial charge is 0.260 e. The summed E-state index contributed by atoms with van der Waals surface area (Å²) in [5.74, 6) is 2.69. The van der Waals surface area contributed by atoms with Crippen LogP contribution < -0.4 is 9.64 Å². The predicted octanol–water partition coefficient (Wildman–Crippen LogP) is 5.83. The van der Waals surface area contributed by atoms with Crippen LogP contribution in [0.5, 0.6) is 5.75 Å². The van der Waals surface area contributed by atoms with E-state index in [1.807, 2.05) is 59.5 Å². The van der Waals surface area contributed by atoms with Gasteiger partial charge in [-0.1, -0.05) is 50.3 Å². The van der Waals surface area contributed by atoms with Gasteiger partial charge in [-0.25, -0.2) is 4.68 Å². The van der Waals surface area contributed by atoms with Crippen molar-refractivity contribution >= 4 is 11.9 Å². The van der Waals surface area contributed by atoms with Crippen molar-refractivity contribution in [2.75, 3.05) is 12.0 Å². The molecular weight excluding hydrogens is 424 g/mol. The van der Waals surface area contributed by atoms with Crippen LogP contribution in [0.2, 0.25) is 0 Å². The van der Waals surface area contributed by atoms with Gasteiger partial charge >= 0.3 is 0 Å². The first-order chi connectivity index (χ1) is 16.7. The normalized spacial score (nSPS) is 23.3. The van der Waals surface area contributed by atoms with Gasteiger partial charge in [0.2, 0.25) is 5.95 Å². The van der Waals surface area contributed by atoms with Crippen LogP contribution in [0.15, 0.2) is 54.6 Å². The molecule has 1 amide bonds. The van der Waals surface area contributed by atoms with Crippen molar-refractivity contribution in [3.05, 3.63) is 60.2 Å². The summed E-state index contributed by atoms with van der Waals surface area (Å²) in [4.78, 5) is 21.0. The van der Waals surface area contributed by atoms with Crippen LogP contribution in [-0.2, 0) is 5.54 Å². The van der Waals surface area contributed by atoms with Crippen LogP contribution in [0.1, 0.15) is 68.1 Å². The molecule has 0 radical (unpaired) electrons. The Hall–Kier alpha value is -3.15. The molecule has 2 atom stereocenters. The molecule has 2 unspecified atom stereocenters. The summed E-state index contributed by atoms with van der Waals surface area (Å²) >= 11 is 0. The molecule has 2 saturated carbocycles. The lowest BCUT2D eigenvalue weighted by Crippen LogP contribution is -2.61. The average Bonchev–Trinajstić information content (AvgIpc) is 3.36. The monoisotopic (exact) mass is 456 g/mol. The average molecular weight is 457 g/mol. The third-order valence-corrected chi connectivity index (χ3v) is 8.29. The summed E-state index contributed by atoms with van der Waals surface area (Å²) in [6.45, 7) is 0. The van der Waals surface area contributed by atoms with Gasteiger partial charge in [-0.2, -0.15) is 4.98 Å². The Balaban J connectivity index is 1.52. The second-order valence-corrected chi connectivity index (χ2v) is 10.0. The van der Waals surface area contributed by atoms with Crippen LogP contribution in [-0.4, -0.2) is 33.8 Å². The number of ether oxygens (including phenoxy) is 1. The van der Waals surface area contributed by atoms with Crippen LogP contribution in [0.3, 0.4) is 0 Å². The number of rotatable bonds is 3. The second-order valence-electron chi connectivity index (χ2n) is 10.0. The molecule has 0 bridgehead atoms. The van der Waals surface area contributed by atoms with Gasteiger partial charge in [0.05, 0.1) is 12.6 Å². The summed E-state index contributed by atoms with van der Waals surface area (Å²) < 4.78 is 7.52. The minimum atomic E-state index is -0.0378. The second kappa shape index (κ2) is 8.57. The first kappa shape index (κ1) is 21.4. The van der Waals surface area contributed by atoms with E-state index < -0.39 is 0 Å². The number of methoxy groups -OCH3 is 1. The largest absolute Gasteiger partial charge is 0.497 e. The van der Waals surface area contributed by atoms with E-state index in [0.717, 1.165) is 49.4 Å². The van der Waals surface area contributed by atoms with Gasteiger partial charge in [0.15, 0.2) is 5.82 Å². The molecule has 2 aromatic carbocycles. The Bertz CT molecular complexity index is 1160. The number of hydrogen-bond donors (Lipinski definition) is 0. The highest BCUT2D eigenvalue weighted by Gasteiger charge is 2.55. The topological polar surface area (TPSA) is 60.2 Å². The maximum Gasteiger partial charge on any atom is 0.260 e. The van der Waals surface area contributed by atoms with Gasteiger partial charge in [0, 0.05) is 23.1 Å². The lowest BCUT2D eigenvalue weighted by atomic mass is 9.64. The standard InChI is InChI=1S/C28H32N4O2/c1-34-22-16-14-20(15-17-22)25-29-27-31(26(33)21-10-4-2-5-11-21)24-13-7-6-12-23(24)28(32(27)30-25)18-8-3-9-19-28/h2,4-5,10-11,14-17,23-24H,3,6-9,12-13,18-19H2,1H3. The van der Waals surface area contributed by atoms with Gasteiger partial charge < -0.3 is 4.74 Å². The van der Waals surface area contributed by atoms with E-state index in [1.54, 1.807) is 7.11 Å². The van der Waals surface area contributed by atoms with Crippen molar-refractivity contribution < 1.29 is 9.53 Å². The minimum absolute atomic E-state index is 0.0378. The fourth-order valence-electron chi connectivity index (χ4n) is 6.68. The Morgan fingerprint density at radius 3 is 2.41 bits per heavy atom. The number of nitrogens with zero attached hydrogens (tertiary/aromatic N) is 4. The molecule has 176 valence electrons. The minimum Gasteiger partial charge on any atom is -0.497 e. The van der Waals surface area contributed by atoms with Crippen molar-refractivity contribution in [2.45, 2.75) is 69.4 Å². The lowest BCUT2D eigenvalue weighted by molar-refractivity contribution is 0.0314. The summed E-state index contributed by atoms with van der Waals surface area (Å²) in [5.41, 5.74) is 1.62. The third-order valence-electron chi connectivity index (χ3n) is 8.29. The summed E-state index contributed by atoms with van der Waals surface area (Å²) in [7, 11) is 1.67. The molecular formula is C28H32N4O2. The molecule has 2 heterocycles. The zero-order valence-electron chi connectivity index (χ0n) is 19.8. The highest BCUT2D eigenvalue weighted by atomic mass is 16.5. The quantitative estimate of drug-likeness (QED) is 0.497. The van der Waals surface area contributed by atoms with Crippen molar-refractivity contribution in [1.29, 1.82) is 0 Å². The van der Waals surface area contributed by atoms with Crippen LogP contribution in [0, 0.1) is 5.92 Å². The molecule has 6 rings (SSSR count). The molecule has 6 heteroatoms. The summed E-state index contributed by atoms with van der Waals surface area (Å²) in [5, 5.41) is 5.14. The van der Waals surface area contributed by atoms with Crippen LogP contribution >= 0.6 is 0 Å². The molecule has 1 spiro atoms. The van der Waals surface area contributed by atoms with Gasteiger partial charge in [-0.15, -0.1) is 5.10 Å². The number of benzene rings is 2. The maximum atomic E-state index is 13.9. The third kappa shape index (κ3) is 3.34. The molecule has 3 aromatic rings. The number of anilines is 1. The van der Waals surface area contributed by atoms with Crippen molar-refractivity contribution in [3.63, 3.8) is 0 Å². The van der Waals surface area contributed by atoms with Crippen molar-refractivity contribution in [1.82, 2.24) is 14.8 Å². The first-order valence-corrected chi connectivity index (χ1v) is 12.7. The number of carbonyl (C=O) groups excluding carboxylic acids is 1. The van der Waals surface area contributed by atoms with Gasteiger partial charge in [-0.05, 0) is 62.1 Å². The van der Waals surface area contributed by atoms with Gasteiger partial charge in [0.1, 0.15) is 5.75 Å². The van der Waals surface area contributed by atoms with E-state index in [4.69, 9.17) is 14.8 Å². The van der Waals surface area contributed by atoms with Crippen molar-refractivity contribution in [3.8, 4) is 17.1 Å². The lowest BCUT2D eigenvalue weighted by Gasteiger charge is -2.55. The molecule has 0 saturated heterocycles. The molecule has 0 N–H and O–H groups in total. The van der Waals surface area contributed by atoms with Crippen LogP contribution in [0.25, 0.3) is 11.4 Å². The van der Waals surface area contributed by atoms with Crippen LogP contribution in [0.4, 0.5) is 5.95 Å². The molecule has 1 aromatic heterocycles. The Labute approximate surface area is 200 Å². The number of amides is 1. The van der Waals surface area contributed by atoms with Crippen molar-refractivity contribution in [2.24, 2.45) is 5.92 Å². The fraction of sp³-hybridized carbons (Fsp3) is 0.464. The van der Waals surface area contributed by atoms with E-state index in [0.29, 0.717) is 17.3 Å². The van der Waals surface area contributed by atoms with E-state index >= 15 is 0 Å². The molecule has 3 aliphatic rings. The summed E-state index contributed by atoms with van der Waals surface area (Å²) in [6, 6.07) is 17.7. The van der Waals surface area contributed by atoms with E-state index in [-0.39, 0.29) is 17.5 Å². The number of hydrogen-bond acceptors (Lipinski definition) is 4. The number of carbonyl (C=O) groups is 1. The predicted molar refractivity (Wildman–Crippen MR) is 132 cm³/mol. The zero-order chi connectivity index (χ0) is 23.1. The molecule has 2 aliphatic carbocycles. The summed E-state index contributed by atoms with van der Waals surface area (Å²) in [6.07, 6.45) is 10.5. The number of aromatic nitrogens is 3. The van der Waals surface area contributed by atoms with Gasteiger partial charge in [-0.3, -0.25) is 9.69 Å². The molecule has 34 heavy (non-hydrogen) atoms. The molecule has 1 aliphatic heterocycles. The van der Waals surface area contributed by atoms with E-state index in [9.17, 15) is 4.79 Å². The highest BCUT2D eigenvalue weighted by Crippen LogP contribution is 2.53. The molecule has 2 fully saturated rings. The highest BCUT2D eigenvalue weighted by molar-refractivity contribution is 6.06. The Kier molecular flexibility index (Phi) is 5.39. The van der Waals surface area contributed by atoms with E-state index in [2.05, 4.69) is 4.68 Å². The maximum absolute atomic E-state index is 13.9. The Morgan fingerprint density at radius 2 is 1.68 bits per heavy atom.